The summed E-state index contributed by atoms with van der Waals surface area (Å²) in [7, 11) is 0. The Hall–Kier alpha value is -0.0900. The zero-order valence-corrected chi connectivity index (χ0v) is 7.85. The van der Waals surface area contributed by atoms with E-state index in [4.69, 9.17) is 5.11 Å². The van der Waals surface area contributed by atoms with Gasteiger partial charge < -0.3 is 10.4 Å². The molecule has 2 N–H and O–H groups in total. The standard InChI is InChI=1S/C7H12BrNO2/c8-7(2-1-3-7)6(11)9-4-5-10/h10H,1-5H2,(H,9,11). The lowest BCUT2D eigenvalue weighted by Gasteiger charge is -2.34. The van der Waals surface area contributed by atoms with Crippen molar-refractivity contribution in [2.24, 2.45) is 0 Å². The van der Waals surface area contributed by atoms with Crippen LogP contribution in [-0.2, 0) is 4.79 Å². The lowest BCUT2D eigenvalue weighted by atomic mass is 9.84. The summed E-state index contributed by atoms with van der Waals surface area (Å²) in [6.45, 7) is 0.362. The third-order valence-electron chi connectivity index (χ3n) is 1.95. The number of hydrogen-bond acceptors (Lipinski definition) is 2. The third kappa shape index (κ3) is 1.93. The number of carbonyl (C=O) groups is 1. The number of nitrogens with one attached hydrogen (secondary N) is 1. The van der Waals surface area contributed by atoms with Crippen molar-refractivity contribution in [1.29, 1.82) is 0 Å². The van der Waals surface area contributed by atoms with Crippen molar-refractivity contribution in [3.8, 4) is 0 Å². The topological polar surface area (TPSA) is 49.3 Å². The molecule has 0 saturated heterocycles. The van der Waals surface area contributed by atoms with E-state index in [-0.39, 0.29) is 16.8 Å². The second kappa shape index (κ2) is 3.54. The number of rotatable bonds is 3. The van der Waals surface area contributed by atoms with Crippen LogP contribution in [0.15, 0.2) is 0 Å². The quantitative estimate of drug-likeness (QED) is 0.679. The fourth-order valence-corrected chi connectivity index (χ4v) is 1.74. The molecule has 1 rings (SSSR count). The first kappa shape index (κ1) is 9.00. The predicted octanol–water partition coefficient (Wildman–Crippen LogP) is 0.412. The van der Waals surface area contributed by atoms with Crippen molar-refractivity contribution in [3.05, 3.63) is 0 Å². The summed E-state index contributed by atoms with van der Waals surface area (Å²) < 4.78 is -0.317. The normalized spacial score (nSPS) is 20.5. The minimum atomic E-state index is -0.317. The SMILES string of the molecule is O=C(NCCO)C1(Br)CCC1. The van der Waals surface area contributed by atoms with Gasteiger partial charge >= 0.3 is 0 Å². The molecule has 0 radical (unpaired) electrons. The molecule has 0 spiro atoms. The van der Waals surface area contributed by atoms with E-state index in [0.29, 0.717) is 6.54 Å². The van der Waals surface area contributed by atoms with Crippen LogP contribution in [0.2, 0.25) is 0 Å². The van der Waals surface area contributed by atoms with E-state index in [1.807, 2.05) is 0 Å². The second-order valence-electron chi connectivity index (χ2n) is 2.80. The van der Waals surface area contributed by atoms with E-state index in [9.17, 15) is 4.79 Å². The summed E-state index contributed by atoms with van der Waals surface area (Å²) in [5, 5.41) is 11.1. The lowest BCUT2D eigenvalue weighted by Crippen LogP contribution is -2.47. The first-order valence-corrected chi connectivity index (χ1v) is 4.56. The van der Waals surface area contributed by atoms with Crippen molar-refractivity contribution in [2.75, 3.05) is 13.2 Å². The Morgan fingerprint density at radius 2 is 2.27 bits per heavy atom. The molecule has 0 unspecified atom stereocenters. The molecular weight excluding hydrogens is 210 g/mol. The van der Waals surface area contributed by atoms with Crippen molar-refractivity contribution in [2.45, 2.75) is 23.6 Å². The molecule has 3 nitrogen and oxygen atoms in total. The Labute approximate surface area is 74.3 Å². The van der Waals surface area contributed by atoms with Gasteiger partial charge in [0.25, 0.3) is 0 Å². The molecule has 0 aromatic heterocycles. The highest BCUT2D eigenvalue weighted by Crippen LogP contribution is 2.40. The van der Waals surface area contributed by atoms with E-state index in [1.165, 1.54) is 0 Å². The molecule has 1 aliphatic carbocycles. The van der Waals surface area contributed by atoms with Crippen LogP contribution in [0.1, 0.15) is 19.3 Å². The maximum atomic E-state index is 11.2. The summed E-state index contributed by atoms with van der Waals surface area (Å²) in [6, 6.07) is 0. The van der Waals surface area contributed by atoms with E-state index in [0.717, 1.165) is 19.3 Å². The highest BCUT2D eigenvalue weighted by atomic mass is 79.9. The van der Waals surface area contributed by atoms with Crippen LogP contribution in [0.25, 0.3) is 0 Å². The maximum Gasteiger partial charge on any atom is 0.236 e. The molecule has 4 heteroatoms. The van der Waals surface area contributed by atoms with Gasteiger partial charge in [-0.1, -0.05) is 15.9 Å². The molecule has 11 heavy (non-hydrogen) atoms. The van der Waals surface area contributed by atoms with Gasteiger partial charge in [0.1, 0.15) is 4.32 Å². The number of hydrogen-bond donors (Lipinski definition) is 2. The number of aliphatic hydroxyl groups excluding tert-OH is 1. The molecule has 0 atom stereocenters. The zero-order valence-electron chi connectivity index (χ0n) is 6.27. The summed E-state index contributed by atoms with van der Waals surface area (Å²) in [4.78, 5) is 11.2. The second-order valence-corrected chi connectivity index (χ2v) is 4.32. The molecule has 64 valence electrons. The number of halogens is 1. The van der Waals surface area contributed by atoms with Crippen LogP contribution in [0.3, 0.4) is 0 Å². The number of aliphatic hydroxyl groups is 1. The molecule has 0 heterocycles. The van der Waals surface area contributed by atoms with Crippen LogP contribution in [0.4, 0.5) is 0 Å². The number of amides is 1. The van der Waals surface area contributed by atoms with E-state index >= 15 is 0 Å². The molecule has 1 amide bonds. The van der Waals surface area contributed by atoms with E-state index in [1.54, 1.807) is 0 Å². The number of alkyl halides is 1. The van der Waals surface area contributed by atoms with Crippen LogP contribution in [0, 0.1) is 0 Å². The predicted molar refractivity (Wildman–Crippen MR) is 45.6 cm³/mol. The smallest absolute Gasteiger partial charge is 0.236 e. The van der Waals surface area contributed by atoms with Crippen molar-refractivity contribution >= 4 is 21.8 Å². The molecule has 1 aliphatic rings. The summed E-state index contributed by atoms with van der Waals surface area (Å²) in [5.41, 5.74) is 0. The van der Waals surface area contributed by atoms with Crippen molar-refractivity contribution in [1.82, 2.24) is 5.32 Å². The van der Waals surface area contributed by atoms with Gasteiger partial charge in [0.2, 0.25) is 5.91 Å². The number of carbonyl (C=O) groups excluding carboxylic acids is 1. The molecule has 1 fully saturated rings. The van der Waals surface area contributed by atoms with Crippen LogP contribution in [-0.4, -0.2) is 28.5 Å². The Morgan fingerprint density at radius 1 is 1.64 bits per heavy atom. The van der Waals surface area contributed by atoms with Gasteiger partial charge in [-0.15, -0.1) is 0 Å². The Morgan fingerprint density at radius 3 is 2.64 bits per heavy atom. The van der Waals surface area contributed by atoms with Crippen molar-refractivity contribution < 1.29 is 9.90 Å². The largest absolute Gasteiger partial charge is 0.395 e. The minimum absolute atomic E-state index is 0.00875. The average Bonchev–Trinajstić information content (AvgIpc) is 1.95. The summed E-state index contributed by atoms with van der Waals surface area (Å²) in [5.74, 6) is 0.0119. The Bertz CT molecular complexity index is 157. The van der Waals surface area contributed by atoms with Crippen LogP contribution >= 0.6 is 15.9 Å². The maximum absolute atomic E-state index is 11.2. The Balaban J connectivity index is 2.28. The fourth-order valence-electron chi connectivity index (χ4n) is 1.04. The monoisotopic (exact) mass is 221 g/mol. The zero-order chi connectivity index (χ0) is 8.32. The Kier molecular flexibility index (Phi) is 2.90. The summed E-state index contributed by atoms with van der Waals surface area (Å²) >= 11 is 3.37. The first-order chi connectivity index (χ1) is 5.19. The van der Waals surface area contributed by atoms with Crippen molar-refractivity contribution in [3.63, 3.8) is 0 Å². The molecule has 0 aromatic rings. The van der Waals surface area contributed by atoms with Gasteiger partial charge in [-0.05, 0) is 19.3 Å². The average molecular weight is 222 g/mol. The molecule has 1 saturated carbocycles. The van der Waals surface area contributed by atoms with Crippen LogP contribution in [0.5, 0.6) is 0 Å². The van der Waals surface area contributed by atoms with Gasteiger partial charge in [0.15, 0.2) is 0 Å². The van der Waals surface area contributed by atoms with Gasteiger partial charge in [-0.2, -0.15) is 0 Å². The first-order valence-electron chi connectivity index (χ1n) is 3.77. The lowest BCUT2D eigenvalue weighted by molar-refractivity contribution is -0.125. The minimum Gasteiger partial charge on any atom is -0.395 e. The molecule has 0 aromatic carbocycles. The van der Waals surface area contributed by atoms with Gasteiger partial charge in [0.05, 0.1) is 6.61 Å². The molecule has 0 aliphatic heterocycles. The highest BCUT2D eigenvalue weighted by Gasteiger charge is 2.41. The fraction of sp³-hybridized carbons (Fsp3) is 0.857. The van der Waals surface area contributed by atoms with Gasteiger partial charge in [0, 0.05) is 6.54 Å². The van der Waals surface area contributed by atoms with Gasteiger partial charge in [-0.25, -0.2) is 0 Å². The third-order valence-corrected chi connectivity index (χ3v) is 3.10. The van der Waals surface area contributed by atoms with Crippen LogP contribution < -0.4 is 5.32 Å². The van der Waals surface area contributed by atoms with E-state index in [2.05, 4.69) is 21.2 Å². The van der Waals surface area contributed by atoms with E-state index < -0.39 is 0 Å². The molecule has 0 bridgehead atoms. The molecular formula is C7H12BrNO2. The highest BCUT2D eigenvalue weighted by molar-refractivity contribution is 9.10. The summed E-state index contributed by atoms with van der Waals surface area (Å²) in [6.07, 6.45) is 2.92. The van der Waals surface area contributed by atoms with Gasteiger partial charge in [-0.3, -0.25) is 4.79 Å².